The fourth-order valence-electron chi connectivity index (χ4n) is 1.54. The largest absolute Gasteiger partial charge is 0.507 e. The lowest BCUT2D eigenvalue weighted by atomic mass is 10.1. The van der Waals surface area contributed by atoms with Gasteiger partial charge >= 0.3 is 0 Å². The van der Waals surface area contributed by atoms with Gasteiger partial charge in [0.15, 0.2) is 5.11 Å². The number of carbonyl (C=O) groups is 1. The molecule has 1 aliphatic heterocycles. The van der Waals surface area contributed by atoms with Gasteiger partial charge in [-0.25, -0.2) is 0 Å². The number of hydrogen-bond acceptors (Lipinski definition) is 4. The lowest BCUT2D eigenvalue weighted by Gasteiger charge is -2.05. The Kier molecular flexibility index (Phi) is 3.47. The third kappa shape index (κ3) is 2.60. The summed E-state index contributed by atoms with van der Waals surface area (Å²) < 4.78 is 5.25. The molecule has 1 saturated heterocycles. The molecule has 0 radical (unpaired) electrons. The fraction of sp³-hybridized carbons (Fsp3) is 0.167. The standard InChI is InChI=1S/C12H12N2O3S/c1-2-17-8-4-3-7(10(15)6-8)5-9-11(16)14-12(18)13-9/h3-6,15H,2H2,1H3,(H2,13,14,16,18)/b9-5-. The van der Waals surface area contributed by atoms with Crippen molar-refractivity contribution < 1.29 is 14.6 Å². The van der Waals surface area contributed by atoms with E-state index in [0.29, 0.717) is 23.6 Å². The molecule has 0 aliphatic carbocycles. The summed E-state index contributed by atoms with van der Waals surface area (Å²) in [6.07, 6.45) is 1.53. The molecule has 0 spiro atoms. The maximum absolute atomic E-state index is 11.4. The van der Waals surface area contributed by atoms with Crippen molar-refractivity contribution in [1.82, 2.24) is 10.6 Å². The Morgan fingerprint density at radius 3 is 2.78 bits per heavy atom. The molecule has 1 aliphatic rings. The van der Waals surface area contributed by atoms with Crippen LogP contribution in [-0.2, 0) is 4.79 Å². The molecule has 0 saturated carbocycles. The van der Waals surface area contributed by atoms with Gasteiger partial charge in [0.25, 0.3) is 5.91 Å². The first kappa shape index (κ1) is 12.4. The Bertz CT molecular complexity index is 540. The number of amides is 1. The van der Waals surface area contributed by atoms with Gasteiger partial charge in [-0.15, -0.1) is 0 Å². The van der Waals surface area contributed by atoms with Gasteiger partial charge in [-0.3, -0.25) is 10.1 Å². The van der Waals surface area contributed by atoms with Gasteiger partial charge < -0.3 is 15.2 Å². The number of thiocarbonyl (C=S) groups is 1. The smallest absolute Gasteiger partial charge is 0.273 e. The summed E-state index contributed by atoms with van der Waals surface area (Å²) in [6, 6.07) is 4.89. The highest BCUT2D eigenvalue weighted by atomic mass is 32.1. The summed E-state index contributed by atoms with van der Waals surface area (Å²) in [5, 5.41) is 15.2. The van der Waals surface area contributed by atoms with Crippen LogP contribution in [0.4, 0.5) is 0 Å². The van der Waals surface area contributed by atoms with Crippen LogP contribution < -0.4 is 15.4 Å². The van der Waals surface area contributed by atoms with Crippen LogP contribution in [0.3, 0.4) is 0 Å². The molecule has 1 amide bonds. The van der Waals surface area contributed by atoms with E-state index in [9.17, 15) is 9.90 Å². The molecule has 1 heterocycles. The number of aromatic hydroxyl groups is 1. The highest BCUT2D eigenvalue weighted by Crippen LogP contribution is 2.25. The van der Waals surface area contributed by atoms with Crippen LogP contribution in [0.1, 0.15) is 12.5 Å². The Morgan fingerprint density at radius 2 is 2.22 bits per heavy atom. The Balaban J connectivity index is 2.27. The molecule has 1 aromatic carbocycles. The number of nitrogens with one attached hydrogen (secondary N) is 2. The number of benzene rings is 1. The zero-order chi connectivity index (χ0) is 13.1. The predicted octanol–water partition coefficient (Wildman–Crippen LogP) is 1.14. The molecular weight excluding hydrogens is 252 g/mol. The molecule has 6 heteroatoms. The first-order valence-corrected chi connectivity index (χ1v) is 5.81. The quantitative estimate of drug-likeness (QED) is 0.564. The molecule has 3 N–H and O–H groups in total. The highest BCUT2D eigenvalue weighted by Gasteiger charge is 2.20. The number of phenolic OH excluding ortho intramolecular Hbond substituents is 1. The average Bonchev–Trinajstić information content (AvgIpc) is 2.62. The van der Waals surface area contributed by atoms with Crippen molar-refractivity contribution in [2.24, 2.45) is 0 Å². The second kappa shape index (κ2) is 5.05. The first-order chi connectivity index (χ1) is 8.60. The Hall–Kier alpha value is -2.08. The number of ether oxygens (including phenoxy) is 1. The van der Waals surface area contributed by atoms with E-state index < -0.39 is 0 Å². The molecule has 0 atom stereocenters. The van der Waals surface area contributed by atoms with E-state index in [4.69, 9.17) is 17.0 Å². The highest BCUT2D eigenvalue weighted by molar-refractivity contribution is 7.80. The summed E-state index contributed by atoms with van der Waals surface area (Å²) in [5.74, 6) is 0.311. The van der Waals surface area contributed by atoms with Crippen LogP contribution in [0, 0.1) is 0 Å². The molecule has 94 valence electrons. The van der Waals surface area contributed by atoms with Crippen LogP contribution in [0.2, 0.25) is 0 Å². The van der Waals surface area contributed by atoms with E-state index in [1.54, 1.807) is 12.1 Å². The van der Waals surface area contributed by atoms with Crippen molar-refractivity contribution in [3.8, 4) is 11.5 Å². The minimum atomic E-state index is -0.312. The predicted molar refractivity (Wildman–Crippen MR) is 71.1 cm³/mol. The van der Waals surface area contributed by atoms with Crippen LogP contribution >= 0.6 is 12.2 Å². The molecule has 2 rings (SSSR count). The summed E-state index contributed by atoms with van der Waals surface area (Å²) in [6.45, 7) is 2.39. The lowest BCUT2D eigenvalue weighted by Crippen LogP contribution is -2.21. The van der Waals surface area contributed by atoms with Crippen molar-refractivity contribution in [2.45, 2.75) is 6.92 Å². The van der Waals surface area contributed by atoms with Gasteiger partial charge in [0.2, 0.25) is 0 Å². The molecule has 5 nitrogen and oxygen atoms in total. The van der Waals surface area contributed by atoms with Gasteiger partial charge in [-0.2, -0.15) is 0 Å². The van der Waals surface area contributed by atoms with Crippen molar-refractivity contribution >= 4 is 29.3 Å². The number of carbonyl (C=O) groups excluding carboxylic acids is 1. The van der Waals surface area contributed by atoms with E-state index in [0.717, 1.165) is 0 Å². The van der Waals surface area contributed by atoms with E-state index in [-0.39, 0.29) is 16.8 Å². The van der Waals surface area contributed by atoms with Crippen molar-refractivity contribution in [3.63, 3.8) is 0 Å². The zero-order valence-electron chi connectivity index (χ0n) is 9.69. The second-order valence-electron chi connectivity index (χ2n) is 3.62. The fourth-order valence-corrected chi connectivity index (χ4v) is 1.74. The number of phenols is 1. The minimum absolute atomic E-state index is 0.0425. The lowest BCUT2D eigenvalue weighted by molar-refractivity contribution is -0.115. The zero-order valence-corrected chi connectivity index (χ0v) is 10.5. The summed E-state index contributed by atoms with van der Waals surface area (Å²) in [5.41, 5.74) is 0.820. The minimum Gasteiger partial charge on any atom is -0.507 e. The molecule has 1 fully saturated rings. The van der Waals surface area contributed by atoms with Gasteiger partial charge in [-0.1, -0.05) is 0 Å². The van der Waals surface area contributed by atoms with E-state index in [2.05, 4.69) is 10.6 Å². The van der Waals surface area contributed by atoms with Gasteiger partial charge in [0.05, 0.1) is 6.61 Å². The normalized spacial score (nSPS) is 16.6. The molecular formula is C12H12N2O3S. The summed E-state index contributed by atoms with van der Waals surface area (Å²) >= 11 is 4.81. The SMILES string of the molecule is CCOc1ccc(/C=C2\NC(=S)NC2=O)c(O)c1. The maximum atomic E-state index is 11.4. The molecule has 0 unspecified atom stereocenters. The third-order valence-electron chi connectivity index (χ3n) is 2.33. The second-order valence-corrected chi connectivity index (χ2v) is 4.03. The van der Waals surface area contributed by atoms with E-state index in [1.165, 1.54) is 12.1 Å². The Labute approximate surface area is 109 Å². The first-order valence-electron chi connectivity index (χ1n) is 5.40. The van der Waals surface area contributed by atoms with Crippen molar-refractivity contribution in [3.05, 3.63) is 29.5 Å². The molecule has 1 aromatic rings. The third-order valence-corrected chi connectivity index (χ3v) is 2.54. The van der Waals surface area contributed by atoms with Crippen molar-refractivity contribution in [1.29, 1.82) is 0 Å². The van der Waals surface area contributed by atoms with Crippen LogP contribution in [-0.4, -0.2) is 22.7 Å². The van der Waals surface area contributed by atoms with E-state index >= 15 is 0 Å². The van der Waals surface area contributed by atoms with Gasteiger partial charge in [0, 0.05) is 11.6 Å². The van der Waals surface area contributed by atoms with Gasteiger partial charge in [-0.05, 0) is 37.4 Å². The monoisotopic (exact) mass is 264 g/mol. The van der Waals surface area contributed by atoms with Crippen molar-refractivity contribution in [2.75, 3.05) is 6.61 Å². The van der Waals surface area contributed by atoms with Crippen LogP contribution in [0.15, 0.2) is 23.9 Å². The average molecular weight is 264 g/mol. The Morgan fingerprint density at radius 1 is 1.44 bits per heavy atom. The topological polar surface area (TPSA) is 70.6 Å². The molecule has 0 aromatic heterocycles. The van der Waals surface area contributed by atoms with E-state index in [1.807, 2.05) is 6.92 Å². The maximum Gasteiger partial charge on any atom is 0.273 e. The van der Waals surface area contributed by atoms with Crippen LogP contribution in [0.5, 0.6) is 11.5 Å². The molecule has 0 bridgehead atoms. The number of hydrogen-bond donors (Lipinski definition) is 3. The summed E-state index contributed by atoms with van der Waals surface area (Å²) in [7, 11) is 0. The molecule has 18 heavy (non-hydrogen) atoms. The van der Waals surface area contributed by atoms with Gasteiger partial charge in [0.1, 0.15) is 17.2 Å². The summed E-state index contributed by atoms with van der Waals surface area (Å²) in [4.78, 5) is 11.4. The van der Waals surface area contributed by atoms with Crippen LogP contribution in [0.25, 0.3) is 6.08 Å². The number of rotatable bonds is 3.